The van der Waals surface area contributed by atoms with Crippen LogP contribution in [0, 0.1) is 0 Å². The van der Waals surface area contributed by atoms with E-state index in [9.17, 15) is 0 Å². The first-order valence-electron chi connectivity index (χ1n) is 7.26. The SMILES string of the molecule is CC(C)NC(C)COC(C)OC(C)N1CCCC1. The number of hydrogen-bond donors (Lipinski definition) is 1. The van der Waals surface area contributed by atoms with Crippen LogP contribution in [0.5, 0.6) is 0 Å². The molecule has 0 aromatic carbocycles. The predicted octanol–water partition coefficient (Wildman–Crippen LogP) is 2.19. The minimum Gasteiger partial charge on any atom is -0.351 e. The van der Waals surface area contributed by atoms with Gasteiger partial charge < -0.3 is 14.8 Å². The molecule has 1 N–H and O–H groups in total. The first-order valence-corrected chi connectivity index (χ1v) is 7.26. The van der Waals surface area contributed by atoms with E-state index < -0.39 is 0 Å². The van der Waals surface area contributed by atoms with Crippen LogP contribution in [0.4, 0.5) is 0 Å². The molecule has 4 heteroatoms. The van der Waals surface area contributed by atoms with Crippen LogP contribution in [0.3, 0.4) is 0 Å². The molecule has 1 fully saturated rings. The molecule has 0 aliphatic carbocycles. The molecule has 3 unspecified atom stereocenters. The summed E-state index contributed by atoms with van der Waals surface area (Å²) in [5, 5.41) is 3.42. The van der Waals surface area contributed by atoms with Crippen LogP contribution in [0.25, 0.3) is 0 Å². The van der Waals surface area contributed by atoms with E-state index in [-0.39, 0.29) is 12.5 Å². The summed E-state index contributed by atoms with van der Waals surface area (Å²) in [6.07, 6.45) is 2.60. The molecule has 108 valence electrons. The largest absolute Gasteiger partial charge is 0.351 e. The van der Waals surface area contributed by atoms with E-state index in [0.29, 0.717) is 18.7 Å². The maximum Gasteiger partial charge on any atom is 0.156 e. The van der Waals surface area contributed by atoms with Gasteiger partial charge >= 0.3 is 0 Å². The van der Waals surface area contributed by atoms with Crippen LogP contribution >= 0.6 is 0 Å². The fourth-order valence-electron chi connectivity index (χ4n) is 2.40. The lowest BCUT2D eigenvalue weighted by atomic mass is 10.3. The smallest absolute Gasteiger partial charge is 0.156 e. The molecule has 1 aliphatic rings. The Hall–Kier alpha value is -0.160. The van der Waals surface area contributed by atoms with E-state index in [1.807, 2.05) is 6.92 Å². The molecule has 0 radical (unpaired) electrons. The van der Waals surface area contributed by atoms with Gasteiger partial charge in [-0.25, -0.2) is 0 Å². The third-order valence-electron chi connectivity index (χ3n) is 3.24. The van der Waals surface area contributed by atoms with Crippen molar-refractivity contribution in [1.82, 2.24) is 10.2 Å². The van der Waals surface area contributed by atoms with Gasteiger partial charge in [-0.1, -0.05) is 13.8 Å². The zero-order valence-electron chi connectivity index (χ0n) is 12.6. The van der Waals surface area contributed by atoms with Crippen molar-refractivity contribution in [2.75, 3.05) is 19.7 Å². The lowest BCUT2D eigenvalue weighted by Crippen LogP contribution is -2.39. The van der Waals surface area contributed by atoms with Crippen LogP contribution in [-0.4, -0.2) is 49.2 Å². The molecule has 18 heavy (non-hydrogen) atoms. The average molecular weight is 258 g/mol. The summed E-state index contributed by atoms with van der Waals surface area (Å²) in [7, 11) is 0. The Morgan fingerprint density at radius 3 is 2.22 bits per heavy atom. The Morgan fingerprint density at radius 1 is 1.06 bits per heavy atom. The van der Waals surface area contributed by atoms with Crippen LogP contribution in [0.2, 0.25) is 0 Å². The van der Waals surface area contributed by atoms with E-state index in [1.54, 1.807) is 0 Å². The average Bonchev–Trinajstić information content (AvgIpc) is 2.78. The van der Waals surface area contributed by atoms with E-state index in [0.717, 1.165) is 13.1 Å². The summed E-state index contributed by atoms with van der Waals surface area (Å²) in [5.41, 5.74) is 0. The Bertz CT molecular complexity index is 218. The standard InChI is InChI=1S/C14H30N2O2/c1-11(2)15-12(3)10-17-14(5)18-13(4)16-8-6-7-9-16/h11-15H,6-10H2,1-5H3. The minimum atomic E-state index is -0.142. The summed E-state index contributed by atoms with van der Waals surface area (Å²) in [6, 6.07) is 0.849. The monoisotopic (exact) mass is 258 g/mol. The second-order valence-corrected chi connectivity index (χ2v) is 5.60. The van der Waals surface area contributed by atoms with E-state index in [4.69, 9.17) is 9.47 Å². The molecule has 1 heterocycles. The molecule has 3 atom stereocenters. The molecule has 1 rings (SSSR count). The summed E-state index contributed by atoms with van der Waals surface area (Å²) in [6.45, 7) is 13.5. The molecule has 1 saturated heterocycles. The van der Waals surface area contributed by atoms with Gasteiger partial charge in [-0.2, -0.15) is 0 Å². The van der Waals surface area contributed by atoms with Gasteiger partial charge in [0, 0.05) is 25.2 Å². The first kappa shape index (κ1) is 15.9. The van der Waals surface area contributed by atoms with Crippen molar-refractivity contribution in [2.45, 2.75) is 72.1 Å². The minimum absolute atomic E-state index is 0.142. The third-order valence-corrected chi connectivity index (χ3v) is 3.24. The highest BCUT2D eigenvalue weighted by Gasteiger charge is 2.20. The molecule has 4 nitrogen and oxygen atoms in total. The highest BCUT2D eigenvalue weighted by atomic mass is 16.7. The molecule has 0 bridgehead atoms. The summed E-state index contributed by atoms with van der Waals surface area (Å²) in [4.78, 5) is 2.37. The highest BCUT2D eigenvalue weighted by molar-refractivity contribution is 4.67. The van der Waals surface area contributed by atoms with Gasteiger partial charge in [0.15, 0.2) is 6.29 Å². The molecule has 0 aromatic rings. The molecule has 0 spiro atoms. The number of rotatable bonds is 8. The van der Waals surface area contributed by atoms with E-state index in [2.05, 4.69) is 37.9 Å². The van der Waals surface area contributed by atoms with Crippen LogP contribution in [0.1, 0.15) is 47.5 Å². The number of nitrogens with zero attached hydrogens (tertiary/aromatic N) is 1. The van der Waals surface area contributed by atoms with Gasteiger partial charge in [-0.15, -0.1) is 0 Å². The predicted molar refractivity (Wildman–Crippen MR) is 74.5 cm³/mol. The third kappa shape index (κ3) is 6.14. The number of nitrogens with one attached hydrogen (secondary N) is 1. The zero-order chi connectivity index (χ0) is 13.5. The van der Waals surface area contributed by atoms with Gasteiger partial charge in [0.1, 0.15) is 6.23 Å². The van der Waals surface area contributed by atoms with Crippen molar-refractivity contribution >= 4 is 0 Å². The number of ether oxygens (including phenoxy) is 2. The molecule has 1 aliphatic heterocycles. The summed E-state index contributed by atoms with van der Waals surface area (Å²) < 4.78 is 11.6. The van der Waals surface area contributed by atoms with Gasteiger partial charge in [-0.05, 0) is 33.6 Å². The van der Waals surface area contributed by atoms with Gasteiger partial charge in [0.25, 0.3) is 0 Å². The quantitative estimate of drug-likeness (QED) is 0.677. The maximum absolute atomic E-state index is 5.87. The second-order valence-electron chi connectivity index (χ2n) is 5.60. The van der Waals surface area contributed by atoms with Crippen LogP contribution in [-0.2, 0) is 9.47 Å². The summed E-state index contributed by atoms with van der Waals surface area (Å²) in [5.74, 6) is 0. The molecular weight excluding hydrogens is 228 g/mol. The number of likely N-dealkylation sites (tertiary alicyclic amines) is 1. The summed E-state index contributed by atoms with van der Waals surface area (Å²) >= 11 is 0. The van der Waals surface area contributed by atoms with Crippen molar-refractivity contribution in [2.24, 2.45) is 0 Å². The first-order chi connectivity index (χ1) is 8.49. The van der Waals surface area contributed by atoms with Crippen molar-refractivity contribution in [3.8, 4) is 0 Å². The molecule has 0 amide bonds. The van der Waals surface area contributed by atoms with Crippen molar-refractivity contribution in [1.29, 1.82) is 0 Å². The second kappa shape index (κ2) is 8.10. The topological polar surface area (TPSA) is 33.7 Å². The van der Waals surface area contributed by atoms with Crippen molar-refractivity contribution in [3.63, 3.8) is 0 Å². The normalized spacial score (nSPS) is 22.3. The fraction of sp³-hybridized carbons (Fsp3) is 1.00. The van der Waals surface area contributed by atoms with E-state index >= 15 is 0 Å². The Labute approximate surface area is 112 Å². The van der Waals surface area contributed by atoms with Gasteiger partial charge in [0.2, 0.25) is 0 Å². The lowest BCUT2D eigenvalue weighted by Gasteiger charge is -2.28. The fourth-order valence-corrected chi connectivity index (χ4v) is 2.40. The van der Waals surface area contributed by atoms with Crippen molar-refractivity contribution < 1.29 is 9.47 Å². The highest BCUT2D eigenvalue weighted by Crippen LogP contribution is 2.13. The lowest BCUT2D eigenvalue weighted by molar-refractivity contribution is -0.191. The Kier molecular flexibility index (Phi) is 7.15. The van der Waals surface area contributed by atoms with Crippen LogP contribution in [0.15, 0.2) is 0 Å². The molecule has 0 aromatic heterocycles. The Balaban J connectivity index is 2.14. The van der Waals surface area contributed by atoms with Crippen molar-refractivity contribution in [3.05, 3.63) is 0 Å². The van der Waals surface area contributed by atoms with Crippen LogP contribution < -0.4 is 5.32 Å². The maximum atomic E-state index is 5.87. The molecule has 0 saturated carbocycles. The van der Waals surface area contributed by atoms with Gasteiger partial charge in [-0.3, -0.25) is 4.90 Å². The van der Waals surface area contributed by atoms with Gasteiger partial charge in [0.05, 0.1) is 6.61 Å². The zero-order valence-corrected chi connectivity index (χ0v) is 12.6. The Morgan fingerprint density at radius 2 is 1.67 bits per heavy atom. The van der Waals surface area contributed by atoms with E-state index in [1.165, 1.54) is 12.8 Å². The molecular formula is C14H30N2O2. The number of hydrogen-bond acceptors (Lipinski definition) is 4.